The van der Waals surface area contributed by atoms with Crippen molar-refractivity contribution in [1.82, 2.24) is 15.0 Å². The molecule has 0 saturated heterocycles. The first-order chi connectivity index (χ1) is 9.77. The molecule has 2 aromatic rings. The first-order valence-corrected chi connectivity index (χ1v) is 6.15. The molecule has 0 aliphatic carbocycles. The van der Waals surface area contributed by atoms with Crippen molar-refractivity contribution >= 4 is 17.6 Å². The van der Waals surface area contributed by atoms with Gasteiger partial charge in [0.1, 0.15) is 0 Å². The van der Waals surface area contributed by atoms with Crippen LogP contribution in [-0.4, -0.2) is 26.1 Å². The number of carbonyl (C=O) groups is 1. The quantitative estimate of drug-likeness (QED) is 0.940. The monoisotopic (exact) mass is 319 g/mol. The maximum atomic E-state index is 13.0. The van der Waals surface area contributed by atoms with E-state index in [0.29, 0.717) is 5.69 Å². The molecule has 0 atom stereocenters. The van der Waals surface area contributed by atoms with E-state index in [1.807, 2.05) is 0 Å². The SMILES string of the molecule is O=C(O)CCc1cn(-c2ccc(Cl)cc2C(F)(F)F)nn1. The van der Waals surface area contributed by atoms with Crippen molar-refractivity contribution in [1.29, 1.82) is 0 Å². The largest absolute Gasteiger partial charge is 0.481 e. The summed E-state index contributed by atoms with van der Waals surface area (Å²) < 4.78 is 39.9. The maximum Gasteiger partial charge on any atom is 0.418 e. The predicted molar refractivity (Wildman–Crippen MR) is 67.3 cm³/mol. The molecule has 0 unspecified atom stereocenters. The fourth-order valence-electron chi connectivity index (χ4n) is 1.70. The smallest absolute Gasteiger partial charge is 0.418 e. The highest BCUT2D eigenvalue weighted by atomic mass is 35.5. The van der Waals surface area contributed by atoms with Crippen LogP contribution in [0.15, 0.2) is 24.4 Å². The predicted octanol–water partition coefficient (Wildman–Crippen LogP) is 2.96. The van der Waals surface area contributed by atoms with Crippen molar-refractivity contribution in [2.24, 2.45) is 0 Å². The summed E-state index contributed by atoms with van der Waals surface area (Å²) in [5.74, 6) is -1.02. The van der Waals surface area contributed by atoms with Gasteiger partial charge in [0.05, 0.1) is 29.6 Å². The highest BCUT2D eigenvalue weighted by Gasteiger charge is 2.34. The summed E-state index contributed by atoms with van der Waals surface area (Å²) in [4.78, 5) is 10.5. The first kappa shape index (κ1) is 15.3. The molecule has 0 radical (unpaired) electrons. The third-order valence-electron chi connectivity index (χ3n) is 2.65. The minimum absolute atomic E-state index is 0.0442. The van der Waals surface area contributed by atoms with Crippen LogP contribution in [0.3, 0.4) is 0 Å². The Morgan fingerprint density at radius 2 is 2.10 bits per heavy atom. The van der Waals surface area contributed by atoms with Crippen molar-refractivity contribution in [2.75, 3.05) is 0 Å². The third kappa shape index (κ3) is 3.72. The van der Waals surface area contributed by atoms with Gasteiger partial charge >= 0.3 is 12.1 Å². The summed E-state index contributed by atoms with van der Waals surface area (Å²) in [6.45, 7) is 0. The van der Waals surface area contributed by atoms with Gasteiger partial charge in [-0.3, -0.25) is 4.79 Å². The zero-order chi connectivity index (χ0) is 15.6. The van der Waals surface area contributed by atoms with E-state index in [-0.39, 0.29) is 23.6 Å². The number of carboxylic acid groups (broad SMARTS) is 1. The summed E-state index contributed by atoms with van der Waals surface area (Å²) in [6.07, 6.45) is -3.41. The van der Waals surface area contributed by atoms with Gasteiger partial charge in [-0.05, 0) is 18.2 Å². The molecule has 1 aromatic carbocycles. The van der Waals surface area contributed by atoms with Crippen LogP contribution in [0.4, 0.5) is 13.2 Å². The molecule has 0 spiro atoms. The van der Waals surface area contributed by atoms with E-state index >= 15 is 0 Å². The molecule has 21 heavy (non-hydrogen) atoms. The lowest BCUT2D eigenvalue weighted by Crippen LogP contribution is -2.11. The molecule has 1 heterocycles. The fourth-order valence-corrected chi connectivity index (χ4v) is 1.87. The minimum Gasteiger partial charge on any atom is -0.481 e. The number of halogens is 4. The summed E-state index contributed by atoms with van der Waals surface area (Å²) in [6, 6.07) is 3.29. The second kappa shape index (κ2) is 5.72. The van der Waals surface area contributed by atoms with E-state index in [1.54, 1.807) is 0 Å². The third-order valence-corrected chi connectivity index (χ3v) is 2.88. The number of aliphatic carboxylic acids is 1. The van der Waals surface area contributed by atoms with E-state index < -0.39 is 17.7 Å². The lowest BCUT2D eigenvalue weighted by atomic mass is 10.1. The van der Waals surface area contributed by atoms with Crippen LogP contribution in [0.25, 0.3) is 5.69 Å². The first-order valence-electron chi connectivity index (χ1n) is 5.77. The lowest BCUT2D eigenvalue weighted by molar-refractivity contribution is -0.138. The van der Waals surface area contributed by atoms with Crippen LogP contribution in [0.2, 0.25) is 5.02 Å². The van der Waals surface area contributed by atoms with Crippen LogP contribution in [0.1, 0.15) is 17.7 Å². The summed E-state index contributed by atoms with van der Waals surface area (Å²) in [5, 5.41) is 15.8. The number of nitrogens with zero attached hydrogens (tertiary/aromatic N) is 3. The normalized spacial score (nSPS) is 11.6. The van der Waals surface area contributed by atoms with Crippen LogP contribution in [0.5, 0.6) is 0 Å². The molecular weight excluding hydrogens is 311 g/mol. The molecule has 5 nitrogen and oxygen atoms in total. The second-order valence-corrected chi connectivity index (χ2v) is 4.64. The van der Waals surface area contributed by atoms with Crippen molar-refractivity contribution < 1.29 is 23.1 Å². The van der Waals surface area contributed by atoms with Gasteiger partial charge in [0.25, 0.3) is 0 Å². The van der Waals surface area contributed by atoms with Gasteiger partial charge in [0, 0.05) is 11.4 Å². The van der Waals surface area contributed by atoms with E-state index in [4.69, 9.17) is 16.7 Å². The lowest BCUT2D eigenvalue weighted by Gasteiger charge is -2.12. The van der Waals surface area contributed by atoms with Crippen molar-refractivity contribution in [2.45, 2.75) is 19.0 Å². The van der Waals surface area contributed by atoms with Gasteiger partial charge in [-0.15, -0.1) is 5.10 Å². The number of aromatic nitrogens is 3. The molecule has 0 fully saturated rings. The Labute approximate surface area is 121 Å². The molecule has 2 rings (SSSR count). The summed E-state index contributed by atoms with van der Waals surface area (Å²) >= 11 is 5.59. The molecular formula is C12H9ClF3N3O2. The zero-order valence-corrected chi connectivity index (χ0v) is 11.2. The standard InChI is InChI=1S/C12H9ClF3N3O2/c13-7-1-3-10(9(5-7)12(14,15)16)19-6-8(17-18-19)2-4-11(20)21/h1,3,5-6H,2,4H2,(H,20,21). The number of benzene rings is 1. The highest BCUT2D eigenvalue weighted by molar-refractivity contribution is 6.30. The summed E-state index contributed by atoms with van der Waals surface area (Å²) in [5.41, 5.74) is -0.869. The topological polar surface area (TPSA) is 68.0 Å². The molecule has 0 saturated carbocycles. The fraction of sp³-hybridized carbons (Fsp3) is 0.250. The Bertz CT molecular complexity index is 670. The van der Waals surface area contributed by atoms with Gasteiger partial charge < -0.3 is 5.11 Å². The Balaban J connectivity index is 2.36. The molecule has 0 aliphatic rings. The molecule has 9 heteroatoms. The average molecular weight is 320 g/mol. The Hall–Kier alpha value is -2.09. The number of hydrogen-bond donors (Lipinski definition) is 1. The van der Waals surface area contributed by atoms with Crippen molar-refractivity contribution in [3.05, 3.63) is 40.7 Å². The highest BCUT2D eigenvalue weighted by Crippen LogP contribution is 2.35. The molecule has 1 aromatic heterocycles. The van der Waals surface area contributed by atoms with Gasteiger partial charge in [0.15, 0.2) is 0 Å². The average Bonchev–Trinajstić information content (AvgIpc) is 2.84. The van der Waals surface area contributed by atoms with Crippen LogP contribution >= 0.6 is 11.6 Å². The number of aryl methyl sites for hydroxylation is 1. The van der Waals surface area contributed by atoms with E-state index in [0.717, 1.165) is 10.7 Å². The second-order valence-electron chi connectivity index (χ2n) is 4.21. The van der Waals surface area contributed by atoms with Gasteiger partial charge in [-0.25, -0.2) is 4.68 Å². The zero-order valence-electron chi connectivity index (χ0n) is 10.4. The van der Waals surface area contributed by atoms with Gasteiger partial charge in [-0.2, -0.15) is 13.2 Å². The van der Waals surface area contributed by atoms with E-state index in [2.05, 4.69) is 10.3 Å². The van der Waals surface area contributed by atoms with Crippen LogP contribution in [-0.2, 0) is 17.4 Å². The number of alkyl halides is 3. The van der Waals surface area contributed by atoms with E-state index in [1.165, 1.54) is 18.3 Å². The van der Waals surface area contributed by atoms with Crippen LogP contribution in [0, 0.1) is 0 Å². The number of rotatable bonds is 4. The Morgan fingerprint density at radius 3 is 2.71 bits per heavy atom. The Kier molecular flexibility index (Phi) is 4.17. The maximum absolute atomic E-state index is 13.0. The van der Waals surface area contributed by atoms with Gasteiger partial charge in [0.2, 0.25) is 0 Å². The van der Waals surface area contributed by atoms with Gasteiger partial charge in [-0.1, -0.05) is 16.8 Å². The number of carboxylic acids is 1. The molecule has 1 N–H and O–H groups in total. The minimum atomic E-state index is -4.59. The summed E-state index contributed by atoms with van der Waals surface area (Å²) in [7, 11) is 0. The molecule has 0 aliphatic heterocycles. The molecule has 112 valence electrons. The van der Waals surface area contributed by atoms with Crippen LogP contribution < -0.4 is 0 Å². The number of hydrogen-bond acceptors (Lipinski definition) is 3. The molecule has 0 bridgehead atoms. The Morgan fingerprint density at radius 1 is 1.38 bits per heavy atom. The molecule has 0 amide bonds. The van der Waals surface area contributed by atoms with Crippen molar-refractivity contribution in [3.8, 4) is 5.69 Å². The van der Waals surface area contributed by atoms with Crippen molar-refractivity contribution in [3.63, 3.8) is 0 Å². The van der Waals surface area contributed by atoms with E-state index in [9.17, 15) is 18.0 Å².